The molecule has 216 valence electrons. The summed E-state index contributed by atoms with van der Waals surface area (Å²) in [5, 5.41) is 9.78. The van der Waals surface area contributed by atoms with Crippen LogP contribution in [-0.2, 0) is 17.8 Å². The highest BCUT2D eigenvalue weighted by molar-refractivity contribution is 5.71. The number of benzene rings is 2. The number of pyridine rings is 1. The van der Waals surface area contributed by atoms with Gasteiger partial charge in [0.1, 0.15) is 17.7 Å². The van der Waals surface area contributed by atoms with Crippen LogP contribution in [0.15, 0.2) is 48.7 Å². The first-order valence-electron chi connectivity index (χ1n) is 15.3. The monoisotopic (exact) mass is 556 g/mol. The lowest BCUT2D eigenvalue weighted by Crippen LogP contribution is -2.37. The summed E-state index contributed by atoms with van der Waals surface area (Å²) in [5.41, 5.74) is 6.83. The molecule has 6 heteroatoms. The van der Waals surface area contributed by atoms with Gasteiger partial charge in [0, 0.05) is 23.8 Å². The largest absolute Gasteiger partial charge is 0.485 e. The van der Waals surface area contributed by atoms with Crippen molar-refractivity contribution in [1.29, 1.82) is 0 Å². The van der Waals surface area contributed by atoms with Crippen LogP contribution in [0.25, 0.3) is 11.1 Å². The number of halogens is 1. The van der Waals surface area contributed by atoms with E-state index in [-0.39, 0.29) is 17.8 Å². The van der Waals surface area contributed by atoms with Crippen LogP contribution in [0.4, 0.5) is 4.39 Å². The number of carboxylic acid groups (broad SMARTS) is 1. The number of aromatic nitrogens is 1. The third kappa shape index (κ3) is 5.90. The van der Waals surface area contributed by atoms with Crippen LogP contribution < -0.4 is 4.74 Å². The van der Waals surface area contributed by atoms with E-state index >= 15 is 0 Å². The fraction of sp³-hybridized carbons (Fsp3) is 0.486. The Bertz CT molecular complexity index is 1430. The summed E-state index contributed by atoms with van der Waals surface area (Å²) in [6.45, 7) is 7.90. The number of fused-ring (bicyclic) bond motifs is 1. The standard InChI is InChI=1S/C35H41FN2O3/c1-21-16-30(31(36)19-37-21)26-11-13-29(28(17-26)20-38-15-5-4-6-22(38)2)32-14-12-24-7-10-27(18-33(24)41-32)34(25-8-9-25)23(3)35(39)40/h7,10-11,13,16-19,22-23,25,32,34H,4-6,8-9,12,14-15,20H2,1-3H3,(H,39,40)/t22-,23+,32?,34+/m1/s1. The van der Waals surface area contributed by atoms with Gasteiger partial charge in [-0.1, -0.05) is 37.6 Å². The molecule has 1 unspecified atom stereocenters. The van der Waals surface area contributed by atoms with Gasteiger partial charge in [0.25, 0.3) is 0 Å². The third-order valence-electron chi connectivity index (χ3n) is 9.59. The summed E-state index contributed by atoms with van der Waals surface area (Å²) in [6, 6.07) is 15.0. The van der Waals surface area contributed by atoms with Gasteiger partial charge in [0.15, 0.2) is 0 Å². The van der Waals surface area contributed by atoms with Crippen molar-refractivity contribution in [3.05, 3.63) is 82.4 Å². The maximum absolute atomic E-state index is 14.9. The first-order chi connectivity index (χ1) is 19.8. The number of hydrogen-bond acceptors (Lipinski definition) is 4. The van der Waals surface area contributed by atoms with E-state index in [1.807, 2.05) is 26.0 Å². The van der Waals surface area contributed by atoms with Gasteiger partial charge in [-0.05, 0) is 117 Å². The summed E-state index contributed by atoms with van der Waals surface area (Å²) < 4.78 is 21.6. The van der Waals surface area contributed by atoms with Crippen LogP contribution in [-0.4, -0.2) is 33.5 Å². The van der Waals surface area contributed by atoms with Crippen molar-refractivity contribution < 1.29 is 19.0 Å². The van der Waals surface area contributed by atoms with Gasteiger partial charge in [-0.15, -0.1) is 0 Å². The van der Waals surface area contributed by atoms with Crippen LogP contribution >= 0.6 is 0 Å². The topological polar surface area (TPSA) is 62.7 Å². The van der Waals surface area contributed by atoms with E-state index in [1.54, 1.807) is 0 Å². The molecule has 3 aliphatic rings. The molecule has 1 saturated carbocycles. The van der Waals surface area contributed by atoms with E-state index in [4.69, 9.17) is 4.74 Å². The van der Waals surface area contributed by atoms with Crippen LogP contribution in [0.3, 0.4) is 0 Å². The number of carboxylic acids is 1. The zero-order valence-electron chi connectivity index (χ0n) is 24.4. The van der Waals surface area contributed by atoms with Crippen molar-refractivity contribution >= 4 is 5.97 Å². The highest BCUT2D eigenvalue weighted by atomic mass is 19.1. The Morgan fingerprint density at radius 3 is 2.71 bits per heavy atom. The third-order valence-corrected chi connectivity index (χ3v) is 9.59. The molecule has 0 bridgehead atoms. The molecule has 3 aromatic rings. The minimum atomic E-state index is -0.740. The average Bonchev–Trinajstić information content (AvgIpc) is 3.80. The summed E-state index contributed by atoms with van der Waals surface area (Å²) in [4.78, 5) is 18.6. The number of aryl methyl sites for hydroxylation is 2. The number of nitrogens with zero attached hydrogens (tertiary/aromatic N) is 2. The van der Waals surface area contributed by atoms with E-state index in [0.717, 1.165) is 66.9 Å². The molecule has 5 nitrogen and oxygen atoms in total. The maximum Gasteiger partial charge on any atom is 0.306 e. The SMILES string of the molecule is Cc1cc(-c2ccc(C3CCc4ccc([C@H](C5CC5)[C@H](C)C(=O)O)cc4O3)c(CN3CCCC[C@H]3C)c2)c(F)cn1. The summed E-state index contributed by atoms with van der Waals surface area (Å²) in [5.74, 6) is -0.160. The van der Waals surface area contributed by atoms with Gasteiger partial charge < -0.3 is 9.84 Å². The lowest BCUT2D eigenvalue weighted by molar-refractivity contribution is -0.142. The van der Waals surface area contributed by atoms with Crippen molar-refractivity contribution in [2.24, 2.45) is 11.8 Å². The average molecular weight is 557 g/mol. The molecule has 2 aromatic carbocycles. The summed E-state index contributed by atoms with van der Waals surface area (Å²) in [6.07, 6.45) is 8.81. The van der Waals surface area contributed by atoms with Gasteiger partial charge >= 0.3 is 5.97 Å². The number of hydrogen-bond donors (Lipinski definition) is 1. The van der Waals surface area contributed by atoms with Crippen LogP contribution in [0.1, 0.15) is 92.3 Å². The molecule has 0 spiro atoms. The Balaban J connectivity index is 1.34. The van der Waals surface area contributed by atoms with Crippen molar-refractivity contribution in [2.45, 2.75) is 90.3 Å². The van der Waals surface area contributed by atoms with E-state index in [9.17, 15) is 14.3 Å². The Morgan fingerprint density at radius 1 is 1.12 bits per heavy atom. The number of ether oxygens (including phenoxy) is 1. The molecule has 3 heterocycles. The highest BCUT2D eigenvalue weighted by Gasteiger charge is 2.39. The molecule has 0 radical (unpaired) electrons. The minimum Gasteiger partial charge on any atom is -0.485 e. The molecule has 2 fully saturated rings. The number of carbonyl (C=O) groups is 1. The first-order valence-corrected chi connectivity index (χ1v) is 15.3. The zero-order valence-corrected chi connectivity index (χ0v) is 24.4. The lowest BCUT2D eigenvalue weighted by Gasteiger charge is -2.35. The lowest BCUT2D eigenvalue weighted by atomic mass is 9.82. The molecule has 1 aliphatic carbocycles. The number of rotatable bonds is 8. The van der Waals surface area contributed by atoms with E-state index in [2.05, 4.69) is 47.1 Å². The molecule has 1 saturated heterocycles. The Labute approximate surface area is 242 Å². The number of aliphatic carboxylic acids is 1. The van der Waals surface area contributed by atoms with Gasteiger partial charge in [0.05, 0.1) is 12.1 Å². The van der Waals surface area contributed by atoms with Crippen molar-refractivity contribution in [3.8, 4) is 16.9 Å². The highest BCUT2D eigenvalue weighted by Crippen LogP contribution is 2.48. The van der Waals surface area contributed by atoms with Crippen molar-refractivity contribution in [3.63, 3.8) is 0 Å². The predicted molar refractivity (Wildman–Crippen MR) is 158 cm³/mol. The molecule has 6 rings (SSSR count). The molecule has 1 aromatic heterocycles. The van der Waals surface area contributed by atoms with E-state index in [0.29, 0.717) is 17.5 Å². The fourth-order valence-electron chi connectivity index (χ4n) is 6.99. The molecule has 41 heavy (non-hydrogen) atoms. The van der Waals surface area contributed by atoms with Gasteiger partial charge in [-0.25, -0.2) is 4.39 Å². The van der Waals surface area contributed by atoms with Crippen LogP contribution in [0.5, 0.6) is 5.75 Å². The van der Waals surface area contributed by atoms with E-state index in [1.165, 1.54) is 36.6 Å². The zero-order chi connectivity index (χ0) is 28.7. The summed E-state index contributed by atoms with van der Waals surface area (Å²) in [7, 11) is 0. The normalized spacial score (nSPS) is 22.4. The minimum absolute atomic E-state index is 0.0101. The van der Waals surface area contributed by atoms with Gasteiger partial charge in [0.2, 0.25) is 0 Å². The molecule has 0 amide bonds. The molecule has 4 atom stereocenters. The van der Waals surface area contributed by atoms with Crippen molar-refractivity contribution in [2.75, 3.05) is 6.54 Å². The van der Waals surface area contributed by atoms with Crippen LogP contribution in [0, 0.1) is 24.6 Å². The molecule has 1 N–H and O–H groups in total. The smallest absolute Gasteiger partial charge is 0.306 e. The van der Waals surface area contributed by atoms with Crippen molar-refractivity contribution in [1.82, 2.24) is 9.88 Å². The first kappa shape index (κ1) is 27.9. The fourth-order valence-corrected chi connectivity index (χ4v) is 6.99. The second-order valence-corrected chi connectivity index (χ2v) is 12.5. The molecular weight excluding hydrogens is 515 g/mol. The maximum atomic E-state index is 14.9. The quantitative estimate of drug-likeness (QED) is 0.306. The molecular formula is C35H41FN2O3. The van der Waals surface area contributed by atoms with Crippen LogP contribution in [0.2, 0.25) is 0 Å². The number of piperidine rings is 1. The second kappa shape index (κ2) is 11.6. The summed E-state index contributed by atoms with van der Waals surface area (Å²) >= 11 is 0. The Kier molecular flexibility index (Phi) is 7.86. The predicted octanol–water partition coefficient (Wildman–Crippen LogP) is 7.85. The second-order valence-electron chi connectivity index (χ2n) is 12.5. The van der Waals surface area contributed by atoms with Gasteiger partial charge in [-0.2, -0.15) is 0 Å². The Morgan fingerprint density at radius 2 is 1.95 bits per heavy atom. The molecule has 2 aliphatic heterocycles. The van der Waals surface area contributed by atoms with E-state index < -0.39 is 11.9 Å². The van der Waals surface area contributed by atoms with Gasteiger partial charge in [-0.3, -0.25) is 14.7 Å². The number of likely N-dealkylation sites (tertiary alicyclic amines) is 1. The Hall–Kier alpha value is -3.25.